The molecule has 1 fully saturated rings. The first-order valence-corrected chi connectivity index (χ1v) is 6.90. The van der Waals surface area contributed by atoms with Crippen LogP contribution in [0.25, 0.3) is 0 Å². The van der Waals surface area contributed by atoms with Gasteiger partial charge in [-0.05, 0) is 32.1 Å². The highest BCUT2D eigenvalue weighted by Gasteiger charge is 2.42. The maximum Gasteiger partial charge on any atom is 0.230 e. The van der Waals surface area contributed by atoms with Gasteiger partial charge in [0.2, 0.25) is 5.91 Å². The normalized spacial score (nSPS) is 20.6. The van der Waals surface area contributed by atoms with Gasteiger partial charge in [-0.1, -0.05) is 26.7 Å². The number of nitrogens with zero attached hydrogens (tertiary/aromatic N) is 1. The van der Waals surface area contributed by atoms with Gasteiger partial charge in [0.15, 0.2) is 0 Å². The molecule has 0 aromatic carbocycles. The number of carbonyl (C=O) groups excluding carboxylic acids is 1. The fourth-order valence-electron chi connectivity index (χ4n) is 2.97. The lowest BCUT2D eigenvalue weighted by atomic mass is 9.84. The molecule has 2 N–H and O–H groups in total. The number of hydrogen-bond donors (Lipinski definition) is 1. The summed E-state index contributed by atoms with van der Waals surface area (Å²) in [6, 6.07) is 0.312. The second-order valence-corrected chi connectivity index (χ2v) is 6.09. The molecule has 1 aliphatic rings. The van der Waals surface area contributed by atoms with Gasteiger partial charge >= 0.3 is 0 Å². The van der Waals surface area contributed by atoms with Gasteiger partial charge in [-0.25, -0.2) is 0 Å². The van der Waals surface area contributed by atoms with E-state index in [0.29, 0.717) is 18.5 Å². The van der Waals surface area contributed by atoms with Gasteiger partial charge in [0, 0.05) is 19.6 Å². The second kappa shape index (κ2) is 5.85. The minimum absolute atomic E-state index is 0.250. The van der Waals surface area contributed by atoms with Crippen molar-refractivity contribution >= 4 is 5.91 Å². The minimum Gasteiger partial charge on any atom is -0.343 e. The predicted octanol–water partition coefficient (Wildman–Crippen LogP) is 2.40. The van der Waals surface area contributed by atoms with Crippen molar-refractivity contribution in [2.24, 2.45) is 17.1 Å². The van der Waals surface area contributed by atoms with Crippen LogP contribution in [0.15, 0.2) is 0 Å². The van der Waals surface area contributed by atoms with Crippen LogP contribution in [0, 0.1) is 11.3 Å². The van der Waals surface area contributed by atoms with Gasteiger partial charge in [0.25, 0.3) is 0 Å². The molecular weight excluding hydrogens is 212 g/mol. The molecule has 0 saturated heterocycles. The molecule has 3 heteroatoms. The maximum absolute atomic E-state index is 12.6. The quantitative estimate of drug-likeness (QED) is 0.802. The van der Waals surface area contributed by atoms with Gasteiger partial charge in [0.1, 0.15) is 0 Å². The smallest absolute Gasteiger partial charge is 0.230 e. The fraction of sp³-hybridized carbons (Fsp3) is 0.929. The first-order valence-electron chi connectivity index (χ1n) is 6.90. The highest BCUT2D eigenvalue weighted by atomic mass is 16.2. The third-order valence-electron chi connectivity index (χ3n) is 4.20. The highest BCUT2D eigenvalue weighted by molar-refractivity contribution is 5.83. The molecule has 0 heterocycles. The number of rotatable bonds is 5. The summed E-state index contributed by atoms with van der Waals surface area (Å²) in [6.45, 7) is 7.04. The molecule has 100 valence electrons. The molecule has 0 aromatic heterocycles. The maximum atomic E-state index is 12.6. The van der Waals surface area contributed by atoms with Gasteiger partial charge in [-0.2, -0.15) is 0 Å². The lowest BCUT2D eigenvalue weighted by molar-refractivity contribution is -0.142. The van der Waals surface area contributed by atoms with E-state index in [0.717, 1.165) is 32.1 Å². The van der Waals surface area contributed by atoms with E-state index in [1.54, 1.807) is 0 Å². The Balaban J connectivity index is 2.67. The zero-order valence-electron chi connectivity index (χ0n) is 11.8. The van der Waals surface area contributed by atoms with Gasteiger partial charge in [-0.3, -0.25) is 4.79 Å². The Kier molecular flexibility index (Phi) is 4.99. The largest absolute Gasteiger partial charge is 0.343 e. The molecule has 1 amide bonds. The monoisotopic (exact) mass is 240 g/mol. The lowest BCUT2D eigenvalue weighted by Crippen LogP contribution is -2.48. The molecule has 1 unspecified atom stereocenters. The molecule has 17 heavy (non-hydrogen) atoms. The molecular formula is C14H28N2O. The predicted molar refractivity (Wildman–Crippen MR) is 71.6 cm³/mol. The Morgan fingerprint density at radius 3 is 2.24 bits per heavy atom. The molecule has 1 saturated carbocycles. The summed E-state index contributed by atoms with van der Waals surface area (Å²) in [5.41, 5.74) is 5.61. The van der Waals surface area contributed by atoms with E-state index < -0.39 is 0 Å². The van der Waals surface area contributed by atoms with E-state index in [4.69, 9.17) is 5.73 Å². The van der Waals surface area contributed by atoms with Crippen molar-refractivity contribution in [3.63, 3.8) is 0 Å². The minimum atomic E-state index is -0.250. The summed E-state index contributed by atoms with van der Waals surface area (Å²) in [5, 5.41) is 0. The van der Waals surface area contributed by atoms with Crippen LogP contribution < -0.4 is 5.73 Å². The van der Waals surface area contributed by atoms with Gasteiger partial charge < -0.3 is 10.6 Å². The van der Waals surface area contributed by atoms with E-state index in [1.807, 2.05) is 11.9 Å². The Morgan fingerprint density at radius 1 is 1.29 bits per heavy atom. The Hall–Kier alpha value is -0.570. The summed E-state index contributed by atoms with van der Waals surface area (Å²) < 4.78 is 0. The van der Waals surface area contributed by atoms with E-state index >= 15 is 0 Å². The molecule has 0 aliphatic heterocycles. The van der Waals surface area contributed by atoms with Crippen molar-refractivity contribution in [2.45, 2.75) is 58.9 Å². The summed E-state index contributed by atoms with van der Waals surface area (Å²) in [7, 11) is 1.94. The average Bonchev–Trinajstić information content (AvgIpc) is 2.75. The van der Waals surface area contributed by atoms with Crippen LogP contribution in [-0.2, 0) is 4.79 Å². The van der Waals surface area contributed by atoms with Crippen LogP contribution in [0.4, 0.5) is 0 Å². The molecule has 1 rings (SSSR count). The van der Waals surface area contributed by atoms with Crippen LogP contribution >= 0.6 is 0 Å². The van der Waals surface area contributed by atoms with Crippen molar-refractivity contribution in [3.8, 4) is 0 Å². The molecule has 0 bridgehead atoms. The van der Waals surface area contributed by atoms with Gasteiger partial charge in [-0.15, -0.1) is 0 Å². The highest BCUT2D eigenvalue weighted by Crippen LogP contribution is 2.39. The molecule has 1 aliphatic carbocycles. The summed E-state index contributed by atoms with van der Waals surface area (Å²) in [4.78, 5) is 14.5. The molecule has 0 aromatic rings. The molecule has 1 atom stereocenters. The van der Waals surface area contributed by atoms with Crippen LogP contribution in [0.1, 0.15) is 52.9 Å². The Bertz CT molecular complexity index is 257. The second-order valence-electron chi connectivity index (χ2n) is 6.09. The summed E-state index contributed by atoms with van der Waals surface area (Å²) in [6.07, 6.45) is 5.30. The number of carbonyl (C=O) groups is 1. The van der Waals surface area contributed by atoms with Crippen molar-refractivity contribution in [1.29, 1.82) is 0 Å². The zero-order chi connectivity index (χ0) is 13.1. The first-order chi connectivity index (χ1) is 7.93. The summed E-state index contributed by atoms with van der Waals surface area (Å²) in [5.74, 6) is 0.892. The molecule has 0 radical (unpaired) electrons. The van der Waals surface area contributed by atoms with E-state index in [-0.39, 0.29) is 11.3 Å². The van der Waals surface area contributed by atoms with Crippen LogP contribution in [0.3, 0.4) is 0 Å². The lowest BCUT2D eigenvalue weighted by Gasteiger charge is -2.35. The number of hydrogen-bond acceptors (Lipinski definition) is 2. The first kappa shape index (κ1) is 14.5. The Morgan fingerprint density at radius 2 is 1.82 bits per heavy atom. The number of amides is 1. The standard InChI is InChI=1S/C14H28N2O/c1-11(2)9-12(3)16(4)13(17)14(10-15)7-5-6-8-14/h11-12H,5-10,15H2,1-4H3. The van der Waals surface area contributed by atoms with Crippen molar-refractivity contribution < 1.29 is 4.79 Å². The van der Waals surface area contributed by atoms with Crippen molar-refractivity contribution in [1.82, 2.24) is 4.90 Å². The average molecular weight is 240 g/mol. The van der Waals surface area contributed by atoms with Gasteiger partial charge in [0.05, 0.1) is 5.41 Å². The van der Waals surface area contributed by atoms with Crippen LogP contribution in [-0.4, -0.2) is 30.4 Å². The molecule has 0 spiro atoms. The summed E-state index contributed by atoms with van der Waals surface area (Å²) >= 11 is 0. The van der Waals surface area contributed by atoms with Crippen molar-refractivity contribution in [2.75, 3.05) is 13.6 Å². The number of nitrogens with two attached hydrogens (primary N) is 1. The Labute approximate surface area is 106 Å². The van der Waals surface area contributed by atoms with Crippen LogP contribution in [0.2, 0.25) is 0 Å². The fourth-order valence-corrected chi connectivity index (χ4v) is 2.97. The SMILES string of the molecule is CC(C)CC(C)N(C)C(=O)C1(CN)CCCC1. The van der Waals surface area contributed by atoms with E-state index in [1.165, 1.54) is 0 Å². The zero-order valence-corrected chi connectivity index (χ0v) is 11.8. The molecule has 3 nitrogen and oxygen atoms in total. The van der Waals surface area contributed by atoms with E-state index in [9.17, 15) is 4.79 Å². The van der Waals surface area contributed by atoms with E-state index in [2.05, 4.69) is 20.8 Å². The van der Waals surface area contributed by atoms with Crippen molar-refractivity contribution in [3.05, 3.63) is 0 Å². The topological polar surface area (TPSA) is 46.3 Å². The van der Waals surface area contributed by atoms with Crippen LogP contribution in [0.5, 0.6) is 0 Å². The third kappa shape index (κ3) is 3.21. The third-order valence-corrected chi connectivity index (χ3v) is 4.20.